The molecule has 0 saturated heterocycles. The molecule has 0 heterocycles. The van der Waals surface area contributed by atoms with E-state index in [1.165, 1.54) is 34.9 Å². The normalized spacial score (nSPS) is 18.1. The average molecular weight is 285 g/mol. The lowest BCUT2D eigenvalue weighted by Crippen LogP contribution is -2.24. The van der Waals surface area contributed by atoms with Gasteiger partial charge in [0.1, 0.15) is 0 Å². The first kappa shape index (κ1) is 13.9. The number of benzene rings is 1. The van der Waals surface area contributed by atoms with Gasteiger partial charge in [-0.05, 0) is 25.0 Å². The second-order valence-electron chi connectivity index (χ2n) is 4.59. The zero-order valence-electron chi connectivity index (χ0n) is 10.6. The summed E-state index contributed by atoms with van der Waals surface area (Å²) in [4.78, 5) is 0.371. The summed E-state index contributed by atoms with van der Waals surface area (Å²) in [6, 6.07) is 8.63. The lowest BCUT2D eigenvalue weighted by atomic mass is 10.0. The summed E-state index contributed by atoms with van der Waals surface area (Å²) in [6.07, 6.45) is 5.97. The van der Waals surface area contributed by atoms with Crippen molar-refractivity contribution in [1.29, 1.82) is 0 Å². The molecule has 18 heavy (non-hydrogen) atoms. The predicted molar refractivity (Wildman–Crippen MR) is 75.9 cm³/mol. The lowest BCUT2D eigenvalue weighted by molar-refractivity contribution is 0.509. The Morgan fingerprint density at radius 1 is 1.11 bits per heavy atom. The predicted octanol–water partition coefficient (Wildman–Crippen LogP) is 3.29. The smallest absolute Gasteiger partial charge is 0.206 e. The molecular formula is C13H19NO2S2. The molecule has 0 unspecified atom stereocenters. The molecule has 1 aromatic carbocycles. The van der Waals surface area contributed by atoms with Crippen molar-refractivity contribution in [2.45, 2.75) is 42.2 Å². The van der Waals surface area contributed by atoms with Crippen LogP contribution in [0.1, 0.15) is 32.1 Å². The van der Waals surface area contributed by atoms with Crippen LogP contribution in [0.2, 0.25) is 0 Å². The van der Waals surface area contributed by atoms with Gasteiger partial charge in [-0.2, -0.15) is 0 Å². The van der Waals surface area contributed by atoms with Crippen LogP contribution in [0, 0.1) is 0 Å². The van der Waals surface area contributed by atoms with Gasteiger partial charge in [-0.25, -0.2) is 8.42 Å². The van der Waals surface area contributed by atoms with Gasteiger partial charge in [0.25, 0.3) is 10.0 Å². The molecule has 1 aromatic rings. The number of sulfonamides is 1. The molecule has 0 radical (unpaired) electrons. The van der Waals surface area contributed by atoms with Crippen LogP contribution in [0.25, 0.3) is 0 Å². The van der Waals surface area contributed by atoms with E-state index in [0.717, 1.165) is 12.8 Å². The molecule has 0 aromatic heterocycles. The van der Waals surface area contributed by atoms with Gasteiger partial charge in [0.15, 0.2) is 0 Å². The van der Waals surface area contributed by atoms with Crippen molar-refractivity contribution in [2.75, 3.05) is 7.05 Å². The molecule has 1 aliphatic carbocycles. The number of rotatable bonds is 4. The summed E-state index contributed by atoms with van der Waals surface area (Å²) in [6.45, 7) is 0. The van der Waals surface area contributed by atoms with Crippen molar-refractivity contribution >= 4 is 22.0 Å². The summed E-state index contributed by atoms with van der Waals surface area (Å²) in [5.41, 5.74) is 0. The SMILES string of the molecule is CN(SC1CCCCC1)S(=O)(=O)c1ccccc1. The van der Waals surface area contributed by atoms with E-state index >= 15 is 0 Å². The van der Waals surface area contributed by atoms with E-state index in [1.807, 2.05) is 6.07 Å². The van der Waals surface area contributed by atoms with Gasteiger partial charge in [0.2, 0.25) is 0 Å². The van der Waals surface area contributed by atoms with Crippen LogP contribution in [0.5, 0.6) is 0 Å². The van der Waals surface area contributed by atoms with E-state index in [4.69, 9.17) is 0 Å². The monoisotopic (exact) mass is 285 g/mol. The minimum absolute atomic E-state index is 0.371. The van der Waals surface area contributed by atoms with Gasteiger partial charge in [0, 0.05) is 12.3 Å². The molecule has 0 spiro atoms. The van der Waals surface area contributed by atoms with E-state index in [2.05, 4.69) is 0 Å². The van der Waals surface area contributed by atoms with Gasteiger partial charge < -0.3 is 0 Å². The second-order valence-corrected chi connectivity index (χ2v) is 8.22. The van der Waals surface area contributed by atoms with Crippen LogP contribution < -0.4 is 0 Å². The Morgan fingerprint density at radius 3 is 2.33 bits per heavy atom. The Balaban J connectivity index is 2.05. The quantitative estimate of drug-likeness (QED) is 0.797. The highest BCUT2D eigenvalue weighted by Crippen LogP contribution is 2.32. The summed E-state index contributed by atoms with van der Waals surface area (Å²) in [7, 11) is -1.69. The van der Waals surface area contributed by atoms with Crippen LogP contribution in [0.3, 0.4) is 0 Å². The van der Waals surface area contributed by atoms with E-state index in [1.54, 1.807) is 31.3 Å². The summed E-state index contributed by atoms with van der Waals surface area (Å²) in [5.74, 6) is 0. The van der Waals surface area contributed by atoms with E-state index in [9.17, 15) is 8.42 Å². The standard InChI is InChI=1S/C13H19NO2S2/c1-14(17-12-8-4-2-5-9-12)18(15,16)13-10-6-3-7-11-13/h3,6-7,10-12H,2,4-5,8-9H2,1H3. The molecule has 3 nitrogen and oxygen atoms in total. The molecule has 0 bridgehead atoms. The van der Waals surface area contributed by atoms with Crippen LogP contribution in [0.15, 0.2) is 35.2 Å². The van der Waals surface area contributed by atoms with E-state index < -0.39 is 10.0 Å². The van der Waals surface area contributed by atoms with Crippen LogP contribution in [0.4, 0.5) is 0 Å². The number of hydrogen-bond acceptors (Lipinski definition) is 3. The third-order valence-electron chi connectivity index (χ3n) is 3.23. The van der Waals surface area contributed by atoms with Crippen molar-refractivity contribution in [3.63, 3.8) is 0 Å². The summed E-state index contributed by atoms with van der Waals surface area (Å²) < 4.78 is 26.1. The zero-order chi connectivity index (χ0) is 13.0. The van der Waals surface area contributed by atoms with Gasteiger partial charge in [-0.1, -0.05) is 49.4 Å². The molecule has 5 heteroatoms. The van der Waals surface area contributed by atoms with Crippen molar-refractivity contribution in [1.82, 2.24) is 3.71 Å². The Labute approximate surface area is 114 Å². The fourth-order valence-corrected chi connectivity index (χ4v) is 5.02. The molecule has 0 atom stereocenters. The first-order valence-electron chi connectivity index (χ1n) is 6.31. The van der Waals surface area contributed by atoms with E-state index in [0.29, 0.717) is 10.1 Å². The van der Waals surface area contributed by atoms with E-state index in [-0.39, 0.29) is 0 Å². The maximum absolute atomic E-state index is 12.3. The molecule has 1 saturated carbocycles. The third-order valence-corrected chi connectivity index (χ3v) is 6.69. The molecule has 0 aliphatic heterocycles. The average Bonchev–Trinajstić information content (AvgIpc) is 2.41. The lowest BCUT2D eigenvalue weighted by Gasteiger charge is -2.25. The minimum atomic E-state index is -3.34. The van der Waals surface area contributed by atoms with Crippen molar-refractivity contribution in [3.8, 4) is 0 Å². The highest BCUT2D eigenvalue weighted by molar-refractivity contribution is 8.08. The molecule has 1 aliphatic rings. The second kappa shape index (κ2) is 6.08. The first-order chi connectivity index (χ1) is 8.60. The maximum Gasteiger partial charge on any atom is 0.252 e. The van der Waals surface area contributed by atoms with Crippen LogP contribution in [-0.4, -0.2) is 24.4 Å². The zero-order valence-corrected chi connectivity index (χ0v) is 12.2. The summed E-state index contributed by atoms with van der Waals surface area (Å²) in [5, 5.41) is 0.447. The Kier molecular flexibility index (Phi) is 4.70. The topological polar surface area (TPSA) is 37.4 Å². The summed E-state index contributed by atoms with van der Waals surface area (Å²) >= 11 is 1.47. The third kappa shape index (κ3) is 3.28. The molecule has 100 valence electrons. The molecule has 0 N–H and O–H groups in total. The highest BCUT2D eigenvalue weighted by Gasteiger charge is 2.25. The molecule has 0 amide bonds. The van der Waals surface area contributed by atoms with Gasteiger partial charge in [0.05, 0.1) is 4.90 Å². The van der Waals surface area contributed by atoms with Gasteiger partial charge >= 0.3 is 0 Å². The van der Waals surface area contributed by atoms with Crippen molar-refractivity contribution < 1.29 is 8.42 Å². The molecule has 2 rings (SSSR count). The number of nitrogens with zero attached hydrogens (tertiary/aromatic N) is 1. The first-order valence-corrected chi connectivity index (χ1v) is 8.59. The van der Waals surface area contributed by atoms with Gasteiger partial charge in [-0.3, -0.25) is 0 Å². The fourth-order valence-electron chi connectivity index (χ4n) is 2.18. The van der Waals surface area contributed by atoms with Crippen molar-refractivity contribution in [2.24, 2.45) is 0 Å². The Morgan fingerprint density at radius 2 is 1.72 bits per heavy atom. The molecule has 1 fully saturated rings. The maximum atomic E-state index is 12.3. The van der Waals surface area contributed by atoms with Crippen LogP contribution in [-0.2, 0) is 10.0 Å². The van der Waals surface area contributed by atoms with Gasteiger partial charge in [-0.15, -0.1) is 3.71 Å². The Hall–Kier alpha value is -0.520. The Bertz CT molecular complexity index is 467. The number of hydrogen-bond donors (Lipinski definition) is 0. The van der Waals surface area contributed by atoms with Crippen LogP contribution >= 0.6 is 11.9 Å². The molecular weight excluding hydrogens is 266 g/mol. The minimum Gasteiger partial charge on any atom is -0.206 e. The highest BCUT2D eigenvalue weighted by atomic mass is 32.3. The largest absolute Gasteiger partial charge is 0.252 e. The van der Waals surface area contributed by atoms with Crippen molar-refractivity contribution in [3.05, 3.63) is 30.3 Å². The fraction of sp³-hybridized carbons (Fsp3) is 0.538.